The number of aromatic nitrogens is 2. The van der Waals surface area contributed by atoms with Crippen LogP contribution in [0.2, 0.25) is 0 Å². The number of aromatic amines is 1. The highest BCUT2D eigenvalue weighted by molar-refractivity contribution is 6.10. The van der Waals surface area contributed by atoms with E-state index in [1.165, 1.54) is 18.1 Å². The molecule has 1 fully saturated rings. The van der Waals surface area contributed by atoms with Crippen molar-refractivity contribution in [2.75, 3.05) is 20.2 Å². The van der Waals surface area contributed by atoms with Gasteiger partial charge in [-0.05, 0) is 48.6 Å². The summed E-state index contributed by atoms with van der Waals surface area (Å²) in [6.45, 7) is 0.424. The van der Waals surface area contributed by atoms with Crippen LogP contribution in [0.5, 0.6) is 5.75 Å². The molecule has 0 radical (unpaired) electrons. The van der Waals surface area contributed by atoms with Crippen LogP contribution >= 0.6 is 0 Å². The molecule has 6 rings (SSSR count). The van der Waals surface area contributed by atoms with Crippen molar-refractivity contribution in [3.05, 3.63) is 70.8 Å². The third-order valence-electron chi connectivity index (χ3n) is 7.54. The number of methoxy groups -OCH3 is 1. The van der Waals surface area contributed by atoms with Crippen LogP contribution in [0.1, 0.15) is 41.4 Å². The Morgan fingerprint density at radius 3 is 2.81 bits per heavy atom. The highest BCUT2D eigenvalue weighted by atomic mass is 19.1. The number of nitrogens with zero attached hydrogens (tertiary/aromatic N) is 2. The van der Waals surface area contributed by atoms with Gasteiger partial charge in [-0.15, -0.1) is 0 Å². The van der Waals surface area contributed by atoms with Crippen molar-refractivity contribution >= 4 is 33.8 Å². The molecule has 2 amide bonds. The number of nitrogens with one attached hydrogen (secondary N) is 2. The van der Waals surface area contributed by atoms with Crippen molar-refractivity contribution in [3.63, 3.8) is 0 Å². The second-order valence-electron chi connectivity index (χ2n) is 9.83. The van der Waals surface area contributed by atoms with Crippen LogP contribution < -0.4 is 10.1 Å². The van der Waals surface area contributed by atoms with E-state index in [9.17, 15) is 14.0 Å². The standard InChI is InChI=1S/C28H27FN4O4/c1-37-23-10-9-15(11-19(23)29)12-22-26-24(17-5-2-3-7-20(17)30-26)18-6-4-8-21(25(18)31-22)32-27(34)16-13-33(14-16)28(35)36/h2-3,5,7,9-11,16,21,30H,4,6,8,12-14H2,1H3,(H,32,34)(H,35,36). The Morgan fingerprint density at radius 1 is 1.24 bits per heavy atom. The quantitative estimate of drug-likeness (QED) is 0.371. The van der Waals surface area contributed by atoms with Crippen LogP contribution in [0.4, 0.5) is 9.18 Å². The molecule has 1 aliphatic carbocycles. The smallest absolute Gasteiger partial charge is 0.407 e. The number of aryl methyl sites for hydroxylation is 1. The molecule has 0 bridgehead atoms. The molecule has 3 N–H and O–H groups in total. The second kappa shape index (κ2) is 9.06. The second-order valence-corrected chi connectivity index (χ2v) is 9.83. The normalized spacial score (nSPS) is 17.5. The first-order chi connectivity index (χ1) is 17.9. The molecular weight excluding hydrogens is 475 g/mol. The molecule has 3 heterocycles. The first-order valence-electron chi connectivity index (χ1n) is 12.5. The minimum absolute atomic E-state index is 0.144. The predicted molar refractivity (Wildman–Crippen MR) is 136 cm³/mol. The number of para-hydroxylation sites is 1. The number of likely N-dealkylation sites (tertiary alicyclic amines) is 1. The molecule has 8 nitrogen and oxygen atoms in total. The van der Waals surface area contributed by atoms with Crippen LogP contribution in [-0.2, 0) is 17.6 Å². The van der Waals surface area contributed by atoms with Gasteiger partial charge in [0.1, 0.15) is 0 Å². The molecule has 0 saturated carbocycles. The number of carbonyl (C=O) groups excluding carboxylic acids is 1. The summed E-state index contributed by atoms with van der Waals surface area (Å²) >= 11 is 0. The number of halogens is 1. The number of ether oxygens (including phenoxy) is 1. The number of pyridine rings is 1. The van der Waals surface area contributed by atoms with Crippen LogP contribution in [0.3, 0.4) is 0 Å². The zero-order valence-corrected chi connectivity index (χ0v) is 20.4. The molecule has 1 aliphatic heterocycles. The highest BCUT2D eigenvalue weighted by Crippen LogP contribution is 2.39. The first-order valence-corrected chi connectivity index (χ1v) is 12.5. The van der Waals surface area contributed by atoms with E-state index in [4.69, 9.17) is 14.8 Å². The summed E-state index contributed by atoms with van der Waals surface area (Å²) in [4.78, 5) is 33.9. The summed E-state index contributed by atoms with van der Waals surface area (Å²) in [5.74, 6) is -0.722. The molecule has 2 aromatic heterocycles. The Balaban J connectivity index is 1.41. The fraction of sp³-hybridized carbons (Fsp3) is 0.321. The zero-order chi connectivity index (χ0) is 25.7. The van der Waals surface area contributed by atoms with Crippen molar-refractivity contribution < 1.29 is 23.8 Å². The van der Waals surface area contributed by atoms with Crippen molar-refractivity contribution in [3.8, 4) is 5.75 Å². The van der Waals surface area contributed by atoms with E-state index >= 15 is 0 Å². The molecule has 1 saturated heterocycles. The Kier molecular flexibility index (Phi) is 5.70. The van der Waals surface area contributed by atoms with E-state index in [0.29, 0.717) is 6.42 Å². The Morgan fingerprint density at radius 2 is 2.05 bits per heavy atom. The predicted octanol–water partition coefficient (Wildman–Crippen LogP) is 4.56. The summed E-state index contributed by atoms with van der Waals surface area (Å²) in [6.07, 6.45) is 1.92. The number of H-pyrrole nitrogens is 1. The maximum Gasteiger partial charge on any atom is 0.407 e. The number of amides is 2. The van der Waals surface area contributed by atoms with Gasteiger partial charge in [0.05, 0.1) is 36.0 Å². The van der Waals surface area contributed by atoms with E-state index < -0.39 is 11.9 Å². The lowest BCUT2D eigenvalue weighted by molar-refractivity contribution is -0.130. The average molecular weight is 503 g/mol. The highest BCUT2D eigenvalue weighted by Gasteiger charge is 2.37. The molecule has 0 spiro atoms. The van der Waals surface area contributed by atoms with Gasteiger partial charge < -0.3 is 25.0 Å². The summed E-state index contributed by atoms with van der Waals surface area (Å²) < 4.78 is 19.5. The molecular formula is C28H27FN4O4. The average Bonchev–Trinajstić information content (AvgIpc) is 3.24. The van der Waals surface area contributed by atoms with E-state index in [1.807, 2.05) is 24.3 Å². The zero-order valence-electron chi connectivity index (χ0n) is 20.4. The van der Waals surface area contributed by atoms with Gasteiger partial charge in [-0.2, -0.15) is 0 Å². The van der Waals surface area contributed by atoms with Crippen molar-refractivity contribution in [1.29, 1.82) is 0 Å². The van der Waals surface area contributed by atoms with E-state index in [1.54, 1.807) is 6.07 Å². The minimum Gasteiger partial charge on any atom is -0.494 e. The van der Waals surface area contributed by atoms with Gasteiger partial charge in [0.2, 0.25) is 5.91 Å². The Hall–Kier alpha value is -4.14. The van der Waals surface area contributed by atoms with Crippen molar-refractivity contribution in [2.45, 2.75) is 31.7 Å². The third-order valence-corrected chi connectivity index (χ3v) is 7.54. The number of benzene rings is 2. The van der Waals surface area contributed by atoms with Gasteiger partial charge in [0, 0.05) is 35.8 Å². The van der Waals surface area contributed by atoms with Gasteiger partial charge in [-0.3, -0.25) is 9.78 Å². The van der Waals surface area contributed by atoms with Crippen LogP contribution in [0.15, 0.2) is 42.5 Å². The lowest BCUT2D eigenvalue weighted by Gasteiger charge is -2.37. The van der Waals surface area contributed by atoms with Crippen LogP contribution in [0, 0.1) is 11.7 Å². The van der Waals surface area contributed by atoms with Crippen LogP contribution in [-0.4, -0.2) is 52.2 Å². The van der Waals surface area contributed by atoms with Gasteiger partial charge >= 0.3 is 6.09 Å². The first kappa shape index (κ1) is 23.3. The summed E-state index contributed by atoms with van der Waals surface area (Å²) in [5.41, 5.74) is 5.45. The number of hydrogen-bond acceptors (Lipinski definition) is 4. The maximum atomic E-state index is 14.5. The minimum atomic E-state index is -1.00. The monoisotopic (exact) mass is 502 g/mol. The molecule has 4 aromatic rings. The number of carbonyl (C=O) groups is 2. The van der Waals surface area contributed by atoms with Gasteiger partial charge in [-0.1, -0.05) is 24.3 Å². The molecule has 1 unspecified atom stereocenters. The molecule has 1 atom stereocenters. The molecule has 190 valence electrons. The van der Waals surface area contributed by atoms with Gasteiger partial charge in [0.15, 0.2) is 11.6 Å². The number of rotatable bonds is 5. The Labute approximate surface area is 212 Å². The maximum absolute atomic E-state index is 14.5. The lowest BCUT2D eigenvalue weighted by atomic mass is 9.87. The van der Waals surface area contributed by atoms with Crippen LogP contribution in [0.25, 0.3) is 21.8 Å². The lowest BCUT2D eigenvalue weighted by Crippen LogP contribution is -2.55. The topological polar surface area (TPSA) is 108 Å². The fourth-order valence-electron chi connectivity index (χ4n) is 5.60. The largest absolute Gasteiger partial charge is 0.494 e. The molecule has 9 heteroatoms. The fourth-order valence-corrected chi connectivity index (χ4v) is 5.60. The number of carboxylic acid groups (broad SMARTS) is 1. The number of hydrogen-bond donors (Lipinski definition) is 3. The van der Waals surface area contributed by atoms with E-state index in [2.05, 4.69) is 16.4 Å². The van der Waals surface area contributed by atoms with Crippen molar-refractivity contribution in [1.82, 2.24) is 20.2 Å². The van der Waals surface area contributed by atoms with E-state index in [-0.39, 0.29) is 36.7 Å². The number of fused-ring (bicyclic) bond motifs is 5. The third kappa shape index (κ3) is 4.04. The van der Waals surface area contributed by atoms with E-state index in [0.717, 1.165) is 63.6 Å². The molecule has 2 aromatic carbocycles. The summed E-state index contributed by atoms with van der Waals surface area (Å²) in [7, 11) is 1.44. The Bertz CT molecular complexity index is 1540. The van der Waals surface area contributed by atoms with Crippen molar-refractivity contribution in [2.24, 2.45) is 5.92 Å². The summed E-state index contributed by atoms with van der Waals surface area (Å²) in [6, 6.07) is 12.8. The molecule has 2 aliphatic rings. The summed E-state index contributed by atoms with van der Waals surface area (Å²) in [5, 5.41) is 14.4. The van der Waals surface area contributed by atoms with Gasteiger partial charge in [-0.25, -0.2) is 9.18 Å². The SMILES string of the molecule is COc1ccc(Cc2nc3c(c4c2[nH]c2ccccc24)CCCC3NC(=O)C2CN(C(=O)O)C2)cc1F. The molecule has 37 heavy (non-hydrogen) atoms. The van der Waals surface area contributed by atoms with Gasteiger partial charge in [0.25, 0.3) is 0 Å².